The van der Waals surface area contributed by atoms with E-state index in [-0.39, 0.29) is 11.8 Å². The Bertz CT molecular complexity index is 731. The maximum atomic E-state index is 12.6. The summed E-state index contributed by atoms with van der Waals surface area (Å²) < 4.78 is 2.13. The van der Waals surface area contributed by atoms with E-state index in [9.17, 15) is 4.79 Å². The number of fused-ring (bicyclic) bond motifs is 1. The van der Waals surface area contributed by atoms with E-state index in [1.807, 2.05) is 24.5 Å². The molecular formula is C19H25N5O. The summed E-state index contributed by atoms with van der Waals surface area (Å²) in [7, 11) is 2.16. The Balaban J connectivity index is 1.36. The number of rotatable bonds is 3. The molecule has 1 aromatic carbocycles. The Hall–Kier alpha value is -2.34. The van der Waals surface area contributed by atoms with Crippen molar-refractivity contribution in [3.8, 4) is 0 Å². The van der Waals surface area contributed by atoms with Crippen LogP contribution in [0.15, 0.2) is 36.7 Å². The molecule has 2 aliphatic heterocycles. The molecule has 1 atom stereocenters. The lowest BCUT2D eigenvalue weighted by Gasteiger charge is -2.34. The number of hydrogen-bond acceptors (Lipinski definition) is 4. The minimum Gasteiger partial charge on any atom is -0.369 e. The summed E-state index contributed by atoms with van der Waals surface area (Å²) in [4.78, 5) is 21.6. The zero-order valence-corrected chi connectivity index (χ0v) is 14.7. The Labute approximate surface area is 148 Å². The van der Waals surface area contributed by atoms with Crippen molar-refractivity contribution in [2.75, 3.05) is 43.4 Å². The van der Waals surface area contributed by atoms with Gasteiger partial charge in [-0.2, -0.15) is 0 Å². The van der Waals surface area contributed by atoms with E-state index in [1.165, 1.54) is 5.69 Å². The highest BCUT2D eigenvalue weighted by atomic mass is 16.1. The molecule has 1 aromatic heterocycles. The third-order valence-corrected chi connectivity index (χ3v) is 5.32. The quantitative estimate of drug-likeness (QED) is 0.927. The molecule has 0 saturated carbocycles. The Morgan fingerprint density at radius 3 is 2.64 bits per heavy atom. The van der Waals surface area contributed by atoms with E-state index in [0.29, 0.717) is 0 Å². The number of amides is 1. The molecule has 1 saturated heterocycles. The van der Waals surface area contributed by atoms with Crippen LogP contribution in [0.5, 0.6) is 0 Å². The van der Waals surface area contributed by atoms with E-state index in [2.05, 4.69) is 43.8 Å². The number of hydrogen-bond donors (Lipinski definition) is 1. The van der Waals surface area contributed by atoms with Crippen molar-refractivity contribution in [2.24, 2.45) is 5.92 Å². The second kappa shape index (κ2) is 6.88. The van der Waals surface area contributed by atoms with Crippen molar-refractivity contribution in [3.05, 3.63) is 42.5 Å². The van der Waals surface area contributed by atoms with Crippen molar-refractivity contribution < 1.29 is 4.79 Å². The molecule has 0 aliphatic carbocycles. The number of benzene rings is 1. The fourth-order valence-corrected chi connectivity index (χ4v) is 3.64. The maximum Gasteiger partial charge on any atom is 0.228 e. The summed E-state index contributed by atoms with van der Waals surface area (Å²) in [5.41, 5.74) is 2.10. The van der Waals surface area contributed by atoms with Gasteiger partial charge in [0.05, 0.1) is 0 Å². The van der Waals surface area contributed by atoms with Gasteiger partial charge in [-0.05, 0) is 37.7 Å². The molecule has 3 heterocycles. The van der Waals surface area contributed by atoms with Crippen molar-refractivity contribution >= 4 is 17.3 Å². The summed E-state index contributed by atoms with van der Waals surface area (Å²) in [6, 6.07) is 8.23. The van der Waals surface area contributed by atoms with E-state index >= 15 is 0 Å². The van der Waals surface area contributed by atoms with E-state index in [4.69, 9.17) is 0 Å². The number of carbonyl (C=O) groups is 1. The minimum absolute atomic E-state index is 0.00667. The van der Waals surface area contributed by atoms with E-state index < -0.39 is 0 Å². The number of carbonyl (C=O) groups excluding carboxylic acids is 1. The van der Waals surface area contributed by atoms with Crippen molar-refractivity contribution in [1.29, 1.82) is 0 Å². The first-order valence-electron chi connectivity index (χ1n) is 9.03. The molecule has 132 valence electrons. The minimum atomic E-state index is 0.00667. The van der Waals surface area contributed by atoms with Crippen LogP contribution in [0.25, 0.3) is 0 Å². The average Bonchev–Trinajstić information content (AvgIpc) is 3.11. The fourth-order valence-electron chi connectivity index (χ4n) is 3.64. The molecular weight excluding hydrogens is 314 g/mol. The highest BCUT2D eigenvalue weighted by Gasteiger charge is 2.25. The van der Waals surface area contributed by atoms with Gasteiger partial charge in [0.1, 0.15) is 5.82 Å². The van der Waals surface area contributed by atoms with Crippen LogP contribution in [-0.4, -0.2) is 53.6 Å². The second-order valence-corrected chi connectivity index (χ2v) is 7.05. The summed E-state index contributed by atoms with van der Waals surface area (Å²) in [5, 5.41) is 3.07. The van der Waals surface area contributed by atoms with Gasteiger partial charge < -0.3 is 19.7 Å². The van der Waals surface area contributed by atoms with Crippen LogP contribution in [0.1, 0.15) is 12.2 Å². The molecule has 25 heavy (non-hydrogen) atoms. The predicted molar refractivity (Wildman–Crippen MR) is 98.8 cm³/mol. The molecule has 0 bridgehead atoms. The zero-order valence-electron chi connectivity index (χ0n) is 14.7. The van der Waals surface area contributed by atoms with Crippen molar-refractivity contribution in [3.63, 3.8) is 0 Å². The molecule has 1 unspecified atom stereocenters. The van der Waals surface area contributed by atoms with Crippen LogP contribution in [0.4, 0.5) is 11.4 Å². The van der Waals surface area contributed by atoms with Crippen LogP contribution in [0.3, 0.4) is 0 Å². The van der Waals surface area contributed by atoms with Crippen LogP contribution in [-0.2, 0) is 17.8 Å². The van der Waals surface area contributed by atoms with Gasteiger partial charge in [-0.25, -0.2) is 4.98 Å². The lowest BCUT2D eigenvalue weighted by molar-refractivity contribution is -0.120. The zero-order chi connectivity index (χ0) is 17.2. The second-order valence-electron chi connectivity index (χ2n) is 7.05. The highest BCUT2D eigenvalue weighted by Crippen LogP contribution is 2.23. The molecule has 6 nitrogen and oxygen atoms in total. The Morgan fingerprint density at radius 1 is 1.12 bits per heavy atom. The summed E-state index contributed by atoms with van der Waals surface area (Å²) in [6.07, 6.45) is 5.39. The summed E-state index contributed by atoms with van der Waals surface area (Å²) >= 11 is 0. The number of aryl methyl sites for hydroxylation is 1. The predicted octanol–water partition coefficient (Wildman–Crippen LogP) is 1.84. The Morgan fingerprint density at radius 2 is 1.88 bits per heavy atom. The summed E-state index contributed by atoms with van der Waals surface area (Å²) in [5.74, 6) is 1.12. The van der Waals surface area contributed by atoms with Gasteiger partial charge in [0.2, 0.25) is 5.91 Å². The van der Waals surface area contributed by atoms with Gasteiger partial charge in [0.25, 0.3) is 0 Å². The fraction of sp³-hybridized carbons (Fsp3) is 0.474. The third-order valence-electron chi connectivity index (χ3n) is 5.32. The molecule has 1 fully saturated rings. The molecule has 0 spiro atoms. The highest BCUT2D eigenvalue weighted by molar-refractivity contribution is 5.92. The number of nitrogens with one attached hydrogen (secondary N) is 1. The number of anilines is 2. The topological polar surface area (TPSA) is 53.4 Å². The Kier molecular flexibility index (Phi) is 4.44. The van der Waals surface area contributed by atoms with Gasteiger partial charge in [-0.3, -0.25) is 4.79 Å². The summed E-state index contributed by atoms with van der Waals surface area (Å²) in [6.45, 7) is 5.16. The van der Waals surface area contributed by atoms with Crippen molar-refractivity contribution in [2.45, 2.75) is 19.4 Å². The first kappa shape index (κ1) is 16.1. The lowest BCUT2D eigenvalue weighted by atomic mass is 9.97. The van der Waals surface area contributed by atoms with E-state index in [0.717, 1.165) is 57.1 Å². The average molecular weight is 339 g/mol. The molecule has 6 heteroatoms. The molecule has 2 aromatic rings. The SMILES string of the molecule is CN1CCN(c2ccc(NC(=O)C3CCn4ccnc4C3)cc2)CC1. The van der Waals surface area contributed by atoms with E-state index in [1.54, 1.807) is 0 Å². The van der Waals surface area contributed by atoms with Gasteiger partial charge in [0.15, 0.2) is 0 Å². The van der Waals surface area contributed by atoms with Crippen LogP contribution in [0, 0.1) is 5.92 Å². The monoisotopic (exact) mass is 339 g/mol. The van der Waals surface area contributed by atoms with Gasteiger partial charge >= 0.3 is 0 Å². The number of aromatic nitrogens is 2. The normalized spacial score (nSPS) is 21.0. The van der Waals surface area contributed by atoms with Crippen LogP contribution >= 0.6 is 0 Å². The third kappa shape index (κ3) is 3.54. The molecule has 4 rings (SSSR count). The van der Waals surface area contributed by atoms with Crippen LogP contribution < -0.4 is 10.2 Å². The number of nitrogens with zero attached hydrogens (tertiary/aromatic N) is 4. The van der Waals surface area contributed by atoms with Crippen molar-refractivity contribution in [1.82, 2.24) is 14.5 Å². The molecule has 2 aliphatic rings. The smallest absolute Gasteiger partial charge is 0.228 e. The molecule has 1 N–H and O–H groups in total. The first-order valence-corrected chi connectivity index (χ1v) is 9.03. The van der Waals surface area contributed by atoms with Crippen LogP contribution in [0.2, 0.25) is 0 Å². The lowest BCUT2D eigenvalue weighted by Crippen LogP contribution is -2.44. The standard InChI is InChI=1S/C19H25N5O/c1-22-10-12-23(13-11-22)17-4-2-16(3-5-17)21-19(25)15-6-8-24-9-7-20-18(24)14-15/h2-5,7,9,15H,6,8,10-14H2,1H3,(H,21,25). The maximum absolute atomic E-state index is 12.6. The van der Waals surface area contributed by atoms with Gasteiger partial charge in [0, 0.05) is 68.8 Å². The number of likely N-dealkylation sites (N-methyl/N-ethyl adjacent to an activating group) is 1. The molecule has 1 amide bonds. The molecule has 0 radical (unpaired) electrons. The number of imidazole rings is 1. The number of piperazine rings is 1. The van der Waals surface area contributed by atoms with Gasteiger partial charge in [-0.1, -0.05) is 0 Å². The largest absolute Gasteiger partial charge is 0.369 e. The first-order chi connectivity index (χ1) is 12.2. The van der Waals surface area contributed by atoms with Gasteiger partial charge in [-0.15, -0.1) is 0 Å².